The number of rotatable bonds is 2. The van der Waals surface area contributed by atoms with E-state index < -0.39 is 11.7 Å². The third-order valence-electron chi connectivity index (χ3n) is 3.60. The highest BCUT2D eigenvalue weighted by molar-refractivity contribution is 5.75. The van der Waals surface area contributed by atoms with Crippen LogP contribution in [-0.2, 0) is 6.18 Å². The van der Waals surface area contributed by atoms with Crippen molar-refractivity contribution in [3.05, 3.63) is 35.4 Å². The quantitative estimate of drug-likeness (QED) is 0.819. The SMILES string of the molecule is O=C(NCC#Cc1cccc(C(F)(F)F)c1)N1CCC[C@H]1CO. The minimum Gasteiger partial charge on any atom is -0.394 e. The second-order valence-corrected chi connectivity index (χ2v) is 5.21. The zero-order chi connectivity index (χ0) is 16.9. The summed E-state index contributed by atoms with van der Waals surface area (Å²) in [5.41, 5.74) is -0.514. The van der Waals surface area contributed by atoms with E-state index in [1.54, 1.807) is 4.90 Å². The largest absolute Gasteiger partial charge is 0.416 e. The first-order valence-corrected chi connectivity index (χ1v) is 7.23. The molecule has 0 saturated carbocycles. The summed E-state index contributed by atoms with van der Waals surface area (Å²) in [6, 6.07) is 4.23. The lowest BCUT2D eigenvalue weighted by Gasteiger charge is -2.22. The van der Waals surface area contributed by atoms with Crippen LogP contribution in [0.3, 0.4) is 0 Å². The highest BCUT2D eigenvalue weighted by atomic mass is 19.4. The van der Waals surface area contributed by atoms with Gasteiger partial charge in [0.15, 0.2) is 0 Å². The Morgan fingerprint density at radius 1 is 1.43 bits per heavy atom. The number of halogens is 3. The van der Waals surface area contributed by atoms with Crippen molar-refractivity contribution >= 4 is 6.03 Å². The van der Waals surface area contributed by atoms with Gasteiger partial charge in [-0.1, -0.05) is 17.9 Å². The van der Waals surface area contributed by atoms with Crippen LogP contribution in [0.15, 0.2) is 24.3 Å². The molecule has 0 aromatic heterocycles. The lowest BCUT2D eigenvalue weighted by Crippen LogP contribution is -2.44. The fourth-order valence-electron chi connectivity index (χ4n) is 2.43. The Kier molecular flexibility index (Phi) is 5.50. The van der Waals surface area contributed by atoms with Gasteiger partial charge in [0.2, 0.25) is 0 Å². The van der Waals surface area contributed by atoms with Crippen molar-refractivity contribution in [1.82, 2.24) is 10.2 Å². The molecule has 1 fully saturated rings. The molecule has 7 heteroatoms. The summed E-state index contributed by atoms with van der Waals surface area (Å²) < 4.78 is 37.7. The van der Waals surface area contributed by atoms with Gasteiger partial charge in [-0.3, -0.25) is 0 Å². The maximum Gasteiger partial charge on any atom is 0.416 e. The van der Waals surface area contributed by atoms with Crippen molar-refractivity contribution in [1.29, 1.82) is 0 Å². The summed E-state index contributed by atoms with van der Waals surface area (Å²) in [7, 11) is 0. The number of urea groups is 1. The van der Waals surface area contributed by atoms with Gasteiger partial charge in [0.1, 0.15) is 0 Å². The molecule has 1 aromatic carbocycles. The van der Waals surface area contributed by atoms with Crippen molar-refractivity contribution in [2.75, 3.05) is 19.7 Å². The van der Waals surface area contributed by atoms with Gasteiger partial charge in [-0.25, -0.2) is 4.79 Å². The van der Waals surface area contributed by atoms with Gasteiger partial charge in [-0.15, -0.1) is 0 Å². The lowest BCUT2D eigenvalue weighted by atomic mass is 10.1. The summed E-state index contributed by atoms with van der Waals surface area (Å²) in [4.78, 5) is 13.4. The first kappa shape index (κ1) is 17.2. The molecule has 2 rings (SSSR count). The zero-order valence-corrected chi connectivity index (χ0v) is 12.4. The first-order chi connectivity index (χ1) is 10.9. The highest BCUT2D eigenvalue weighted by Crippen LogP contribution is 2.29. The molecule has 2 amide bonds. The van der Waals surface area contributed by atoms with Crippen molar-refractivity contribution in [2.24, 2.45) is 0 Å². The molecule has 2 N–H and O–H groups in total. The molecule has 1 aliphatic rings. The summed E-state index contributed by atoms with van der Waals surface area (Å²) in [6.07, 6.45) is -2.80. The monoisotopic (exact) mass is 326 g/mol. The molecule has 0 radical (unpaired) electrons. The molecule has 0 aliphatic carbocycles. The van der Waals surface area contributed by atoms with E-state index in [2.05, 4.69) is 17.2 Å². The number of carbonyl (C=O) groups excluding carboxylic acids is 1. The van der Waals surface area contributed by atoms with Crippen LogP contribution in [0.5, 0.6) is 0 Å². The maximum absolute atomic E-state index is 12.6. The predicted molar refractivity (Wildman–Crippen MR) is 78.5 cm³/mol. The zero-order valence-electron chi connectivity index (χ0n) is 12.4. The van der Waals surface area contributed by atoms with Crippen molar-refractivity contribution in [2.45, 2.75) is 25.1 Å². The average molecular weight is 326 g/mol. The highest BCUT2D eigenvalue weighted by Gasteiger charge is 2.30. The van der Waals surface area contributed by atoms with E-state index >= 15 is 0 Å². The van der Waals surface area contributed by atoms with Crippen LogP contribution in [0.25, 0.3) is 0 Å². The maximum atomic E-state index is 12.6. The van der Waals surface area contributed by atoms with Crippen LogP contribution in [0.1, 0.15) is 24.0 Å². The number of alkyl halides is 3. The molecule has 1 heterocycles. The van der Waals surface area contributed by atoms with Crippen molar-refractivity contribution in [3.63, 3.8) is 0 Å². The number of nitrogens with zero attached hydrogens (tertiary/aromatic N) is 1. The molecule has 1 aromatic rings. The van der Waals surface area contributed by atoms with Crippen LogP contribution in [0.2, 0.25) is 0 Å². The van der Waals surface area contributed by atoms with Crippen molar-refractivity contribution in [3.8, 4) is 11.8 Å². The summed E-state index contributed by atoms with van der Waals surface area (Å²) in [5.74, 6) is 5.22. The molecule has 124 valence electrons. The van der Waals surface area contributed by atoms with Crippen LogP contribution in [-0.4, -0.2) is 41.8 Å². The third-order valence-corrected chi connectivity index (χ3v) is 3.60. The average Bonchev–Trinajstić information content (AvgIpc) is 2.99. The smallest absolute Gasteiger partial charge is 0.394 e. The topological polar surface area (TPSA) is 52.6 Å². The molecule has 0 bridgehead atoms. The van der Waals surface area contributed by atoms with Crippen LogP contribution in [0, 0.1) is 11.8 Å². The number of carbonyl (C=O) groups is 1. The van der Waals surface area contributed by atoms with Gasteiger partial charge in [-0.2, -0.15) is 13.2 Å². The Morgan fingerprint density at radius 3 is 2.91 bits per heavy atom. The van der Waals surface area contributed by atoms with E-state index in [9.17, 15) is 18.0 Å². The van der Waals surface area contributed by atoms with Gasteiger partial charge in [0.25, 0.3) is 0 Å². The Morgan fingerprint density at radius 2 is 2.22 bits per heavy atom. The van der Waals surface area contributed by atoms with Gasteiger partial charge in [0, 0.05) is 12.1 Å². The van der Waals surface area contributed by atoms with E-state index in [0.717, 1.165) is 25.0 Å². The van der Waals surface area contributed by atoms with Gasteiger partial charge in [-0.05, 0) is 31.0 Å². The number of nitrogens with one attached hydrogen (secondary N) is 1. The minimum absolute atomic E-state index is 0.0315. The summed E-state index contributed by atoms with van der Waals surface area (Å²) in [5, 5.41) is 11.7. The fourth-order valence-corrected chi connectivity index (χ4v) is 2.43. The molecule has 1 saturated heterocycles. The second-order valence-electron chi connectivity index (χ2n) is 5.21. The third kappa shape index (κ3) is 4.63. The van der Waals surface area contributed by atoms with E-state index in [0.29, 0.717) is 6.54 Å². The summed E-state index contributed by atoms with van der Waals surface area (Å²) in [6.45, 7) is 0.533. The normalized spacial score (nSPS) is 17.6. The number of aliphatic hydroxyl groups is 1. The standard InChI is InChI=1S/C16H17F3N2O2/c17-16(18,19)13-6-1-4-12(10-13)5-2-8-20-15(23)21-9-3-7-14(21)11-22/h1,4,6,10,14,22H,3,7-9,11H2,(H,20,23)/t14-/m0/s1. The van der Waals surface area contributed by atoms with E-state index in [4.69, 9.17) is 5.11 Å². The van der Waals surface area contributed by atoms with Crippen LogP contribution >= 0.6 is 0 Å². The number of amides is 2. The molecule has 0 spiro atoms. The Bertz CT molecular complexity index is 620. The van der Waals surface area contributed by atoms with E-state index in [1.807, 2.05) is 0 Å². The molecule has 1 atom stereocenters. The van der Waals surface area contributed by atoms with E-state index in [1.165, 1.54) is 12.1 Å². The Labute approximate surface area is 132 Å². The molecular formula is C16H17F3N2O2. The first-order valence-electron chi connectivity index (χ1n) is 7.23. The molecule has 23 heavy (non-hydrogen) atoms. The summed E-state index contributed by atoms with van der Waals surface area (Å²) >= 11 is 0. The minimum atomic E-state index is -4.40. The van der Waals surface area contributed by atoms with Gasteiger partial charge >= 0.3 is 12.2 Å². The van der Waals surface area contributed by atoms with Gasteiger partial charge < -0.3 is 15.3 Å². The number of benzene rings is 1. The van der Waals surface area contributed by atoms with Crippen LogP contribution in [0.4, 0.5) is 18.0 Å². The second kappa shape index (κ2) is 7.38. The van der Waals surface area contributed by atoms with Gasteiger partial charge in [0.05, 0.1) is 24.8 Å². The van der Waals surface area contributed by atoms with Crippen molar-refractivity contribution < 1.29 is 23.1 Å². The number of aliphatic hydroxyl groups excluding tert-OH is 1. The number of hydrogen-bond donors (Lipinski definition) is 2. The lowest BCUT2D eigenvalue weighted by molar-refractivity contribution is -0.137. The van der Waals surface area contributed by atoms with E-state index in [-0.39, 0.29) is 30.8 Å². The molecule has 0 unspecified atom stereocenters. The predicted octanol–water partition coefficient (Wildman–Crippen LogP) is 2.22. The Balaban J connectivity index is 1.90. The molecular weight excluding hydrogens is 309 g/mol. The fraction of sp³-hybridized carbons (Fsp3) is 0.438. The Hall–Kier alpha value is -2.20. The number of likely N-dealkylation sites (tertiary alicyclic amines) is 1. The molecule has 1 aliphatic heterocycles. The molecule has 4 nitrogen and oxygen atoms in total. The van der Waals surface area contributed by atoms with Crippen LogP contribution < -0.4 is 5.32 Å². The number of hydrogen-bond acceptors (Lipinski definition) is 2.